The molecule has 0 radical (unpaired) electrons. The van der Waals surface area contributed by atoms with Crippen molar-refractivity contribution in [1.29, 1.82) is 0 Å². The van der Waals surface area contributed by atoms with Crippen LogP contribution in [-0.4, -0.2) is 9.36 Å². The molecule has 0 spiro atoms. The van der Waals surface area contributed by atoms with Gasteiger partial charge in [0.05, 0.1) is 0 Å². The lowest BCUT2D eigenvalue weighted by molar-refractivity contribution is 0.479. The molecule has 12 heavy (non-hydrogen) atoms. The van der Waals surface area contributed by atoms with E-state index in [0.29, 0.717) is 0 Å². The summed E-state index contributed by atoms with van der Waals surface area (Å²) in [5.41, 5.74) is 0.944. The molecule has 3 nitrogen and oxygen atoms in total. The van der Waals surface area contributed by atoms with Gasteiger partial charge in [-0.25, -0.2) is 0 Å². The zero-order chi connectivity index (χ0) is 9.14. The third-order valence-electron chi connectivity index (χ3n) is 2.10. The molecule has 0 unspecified atom stereocenters. The maximum atomic E-state index is 11.3. The lowest BCUT2D eigenvalue weighted by Gasteiger charge is -2.04. The summed E-state index contributed by atoms with van der Waals surface area (Å²) in [6.45, 7) is 4.94. The third-order valence-corrected chi connectivity index (χ3v) is 2.10. The van der Waals surface area contributed by atoms with Crippen LogP contribution in [0.3, 0.4) is 0 Å². The van der Waals surface area contributed by atoms with Gasteiger partial charge in [-0.15, -0.1) is 0 Å². The van der Waals surface area contributed by atoms with Crippen molar-refractivity contribution in [1.82, 2.24) is 9.36 Å². The molecule has 0 saturated heterocycles. The van der Waals surface area contributed by atoms with Gasteiger partial charge in [-0.2, -0.15) is 0 Å². The number of hydrogen-bond donors (Lipinski definition) is 0. The molecule has 0 amide bonds. The largest absolute Gasteiger partial charge is 0.290 e. The lowest BCUT2D eigenvalue weighted by atomic mass is 10.3. The van der Waals surface area contributed by atoms with Gasteiger partial charge in [0.2, 0.25) is 0 Å². The molecule has 0 aromatic carbocycles. The lowest BCUT2D eigenvalue weighted by Crippen LogP contribution is -2.19. The van der Waals surface area contributed by atoms with Gasteiger partial charge < -0.3 is 0 Å². The molecular formula is C9H16N2O. The zero-order valence-electron chi connectivity index (χ0n) is 8.00. The van der Waals surface area contributed by atoms with E-state index in [1.54, 1.807) is 4.68 Å². The highest BCUT2D eigenvalue weighted by molar-refractivity contribution is 5.01. The van der Waals surface area contributed by atoms with E-state index in [1.165, 1.54) is 0 Å². The summed E-state index contributed by atoms with van der Waals surface area (Å²) in [5, 5.41) is 0. The van der Waals surface area contributed by atoms with Crippen LogP contribution in [-0.2, 0) is 13.6 Å². The van der Waals surface area contributed by atoms with Gasteiger partial charge >= 0.3 is 0 Å². The molecule has 3 heteroatoms. The van der Waals surface area contributed by atoms with Crippen molar-refractivity contribution in [3.8, 4) is 0 Å². The first-order valence-corrected chi connectivity index (χ1v) is 4.40. The predicted octanol–water partition coefficient (Wildman–Crippen LogP) is 1.30. The predicted molar refractivity (Wildman–Crippen MR) is 49.3 cm³/mol. The van der Waals surface area contributed by atoms with Gasteiger partial charge in [0.25, 0.3) is 5.56 Å². The zero-order valence-corrected chi connectivity index (χ0v) is 8.00. The first kappa shape index (κ1) is 9.10. The van der Waals surface area contributed by atoms with E-state index in [1.807, 2.05) is 24.9 Å². The first-order valence-electron chi connectivity index (χ1n) is 4.40. The highest BCUT2D eigenvalue weighted by atomic mass is 16.1. The van der Waals surface area contributed by atoms with Gasteiger partial charge in [0.1, 0.15) is 0 Å². The summed E-state index contributed by atoms with van der Waals surface area (Å²) in [5.74, 6) is 0. The fourth-order valence-electron chi connectivity index (χ4n) is 1.27. The van der Waals surface area contributed by atoms with Gasteiger partial charge in [0.15, 0.2) is 0 Å². The van der Waals surface area contributed by atoms with E-state index in [4.69, 9.17) is 0 Å². The molecule has 1 rings (SSSR count). The molecule has 68 valence electrons. The average Bonchev–Trinajstić information content (AvgIpc) is 2.30. The standard InChI is InChI=1S/C9H16N2O/c1-4-5-6-11-7-8(2)9(12)10(11)3/h7H,4-6H2,1-3H3. The van der Waals surface area contributed by atoms with E-state index in [9.17, 15) is 4.79 Å². The fraction of sp³-hybridized carbons (Fsp3) is 0.667. The second-order valence-electron chi connectivity index (χ2n) is 3.16. The van der Waals surface area contributed by atoms with Crippen LogP contribution in [0.4, 0.5) is 0 Å². The Morgan fingerprint density at radius 3 is 2.58 bits per heavy atom. The van der Waals surface area contributed by atoms with Gasteiger partial charge in [-0.1, -0.05) is 13.3 Å². The molecule has 1 heterocycles. The van der Waals surface area contributed by atoms with E-state index in [2.05, 4.69) is 6.92 Å². The maximum absolute atomic E-state index is 11.3. The Morgan fingerprint density at radius 2 is 2.17 bits per heavy atom. The van der Waals surface area contributed by atoms with Crippen molar-refractivity contribution in [2.75, 3.05) is 0 Å². The van der Waals surface area contributed by atoms with Crippen LogP contribution in [0.25, 0.3) is 0 Å². The van der Waals surface area contributed by atoms with Crippen LogP contribution >= 0.6 is 0 Å². The Hall–Kier alpha value is -0.990. The van der Waals surface area contributed by atoms with Crippen molar-refractivity contribution >= 4 is 0 Å². The summed E-state index contributed by atoms with van der Waals surface area (Å²) in [4.78, 5) is 11.3. The second kappa shape index (κ2) is 3.61. The fourth-order valence-corrected chi connectivity index (χ4v) is 1.27. The van der Waals surface area contributed by atoms with E-state index in [0.717, 1.165) is 24.9 Å². The quantitative estimate of drug-likeness (QED) is 0.668. The summed E-state index contributed by atoms with van der Waals surface area (Å²) < 4.78 is 3.64. The monoisotopic (exact) mass is 168 g/mol. The van der Waals surface area contributed by atoms with Crippen molar-refractivity contribution in [2.45, 2.75) is 33.2 Å². The van der Waals surface area contributed by atoms with Gasteiger partial charge in [-0.05, 0) is 13.3 Å². The molecule has 0 N–H and O–H groups in total. The minimum atomic E-state index is 0.117. The van der Waals surface area contributed by atoms with Crippen molar-refractivity contribution < 1.29 is 0 Å². The summed E-state index contributed by atoms with van der Waals surface area (Å²) in [6, 6.07) is 0. The molecule has 0 aliphatic carbocycles. The average molecular weight is 168 g/mol. The summed E-state index contributed by atoms with van der Waals surface area (Å²) in [6.07, 6.45) is 4.20. The maximum Gasteiger partial charge on any atom is 0.269 e. The third kappa shape index (κ3) is 1.60. The SMILES string of the molecule is CCCCn1cc(C)c(=O)n1C. The number of aryl methyl sites for hydroxylation is 2. The van der Waals surface area contributed by atoms with Crippen LogP contribution in [0.2, 0.25) is 0 Å². The first-order chi connectivity index (χ1) is 5.66. The van der Waals surface area contributed by atoms with Crippen LogP contribution in [0, 0.1) is 6.92 Å². The topological polar surface area (TPSA) is 26.9 Å². The molecular weight excluding hydrogens is 152 g/mol. The summed E-state index contributed by atoms with van der Waals surface area (Å²) in [7, 11) is 1.81. The molecule has 0 bridgehead atoms. The number of hydrogen-bond acceptors (Lipinski definition) is 1. The molecule has 0 aliphatic heterocycles. The number of unbranched alkanes of at least 4 members (excludes halogenated alkanes) is 1. The van der Waals surface area contributed by atoms with Gasteiger partial charge in [0, 0.05) is 25.4 Å². The van der Waals surface area contributed by atoms with Crippen LogP contribution in [0.5, 0.6) is 0 Å². The van der Waals surface area contributed by atoms with E-state index >= 15 is 0 Å². The number of nitrogens with zero attached hydrogens (tertiary/aromatic N) is 2. The van der Waals surface area contributed by atoms with Crippen molar-refractivity contribution in [2.24, 2.45) is 7.05 Å². The van der Waals surface area contributed by atoms with Crippen LogP contribution in [0.15, 0.2) is 11.0 Å². The van der Waals surface area contributed by atoms with E-state index in [-0.39, 0.29) is 5.56 Å². The second-order valence-corrected chi connectivity index (χ2v) is 3.16. The number of rotatable bonds is 3. The molecule has 0 atom stereocenters. The smallest absolute Gasteiger partial charge is 0.269 e. The Kier molecular flexibility index (Phi) is 2.74. The Labute approximate surface area is 72.6 Å². The van der Waals surface area contributed by atoms with E-state index < -0.39 is 0 Å². The normalized spacial score (nSPS) is 10.6. The molecule has 0 saturated carbocycles. The number of aromatic nitrogens is 2. The molecule has 1 aromatic heterocycles. The highest BCUT2D eigenvalue weighted by Crippen LogP contribution is 1.95. The van der Waals surface area contributed by atoms with Gasteiger partial charge in [-0.3, -0.25) is 14.2 Å². The minimum Gasteiger partial charge on any atom is -0.290 e. The Balaban J connectivity index is 2.86. The Morgan fingerprint density at radius 1 is 1.50 bits per heavy atom. The van der Waals surface area contributed by atoms with Crippen LogP contribution in [0.1, 0.15) is 25.3 Å². The minimum absolute atomic E-state index is 0.117. The summed E-state index contributed by atoms with van der Waals surface area (Å²) >= 11 is 0. The Bertz CT molecular complexity index is 309. The molecule has 0 aliphatic rings. The molecule has 0 fully saturated rings. The highest BCUT2D eigenvalue weighted by Gasteiger charge is 2.01. The van der Waals surface area contributed by atoms with Crippen LogP contribution < -0.4 is 5.56 Å². The van der Waals surface area contributed by atoms with Crippen molar-refractivity contribution in [3.05, 3.63) is 22.1 Å². The molecule has 1 aromatic rings. The van der Waals surface area contributed by atoms with Crippen molar-refractivity contribution in [3.63, 3.8) is 0 Å².